The van der Waals surface area contributed by atoms with E-state index in [0.717, 1.165) is 48.6 Å². The standard InChI is InChI=1S/C34HF9N8/c1-2-11-12(3-44)26(35)23(32(41)29(11)38)17(8-49)20-21(18(9-50)24-27(36)13(4-45)15(6-47)30(39)33(24)42)22(20)19(10-51)25-28(37)14(5-46)16(7-48)31(40)34(25)43/h1H. The van der Waals surface area contributed by atoms with Crippen molar-refractivity contribution in [2.45, 2.75) is 0 Å². The van der Waals surface area contributed by atoms with Crippen molar-refractivity contribution in [3.63, 3.8) is 0 Å². The second-order valence-electron chi connectivity index (χ2n) is 9.49. The molecular formula is C34HF9N8. The first-order chi connectivity index (χ1) is 24.2. The van der Waals surface area contributed by atoms with E-state index < -0.39 is 136 Å². The first kappa shape index (κ1) is 35.6. The van der Waals surface area contributed by atoms with Crippen molar-refractivity contribution in [2.24, 2.45) is 0 Å². The summed E-state index contributed by atoms with van der Waals surface area (Å²) in [6.07, 6.45) is 5.03. The Hall–Kier alpha value is -8.27. The van der Waals surface area contributed by atoms with Gasteiger partial charge in [0.2, 0.25) is 0 Å². The van der Waals surface area contributed by atoms with Gasteiger partial charge in [-0.2, -0.15) is 42.1 Å². The Labute approximate surface area is 278 Å². The van der Waals surface area contributed by atoms with Crippen LogP contribution in [-0.2, 0) is 0 Å². The first-order valence-corrected chi connectivity index (χ1v) is 12.8. The normalized spacial score (nSPS) is 13.1. The summed E-state index contributed by atoms with van der Waals surface area (Å²) >= 11 is 0. The van der Waals surface area contributed by atoms with Gasteiger partial charge >= 0.3 is 0 Å². The van der Waals surface area contributed by atoms with Crippen LogP contribution in [-0.4, -0.2) is 0 Å². The number of halogens is 9. The van der Waals surface area contributed by atoms with Crippen LogP contribution in [0.3, 0.4) is 0 Å². The lowest BCUT2D eigenvalue weighted by atomic mass is 9.95. The fraction of sp³-hybridized carbons (Fsp3) is 0. The Balaban J connectivity index is 2.43. The number of rotatable bonds is 3. The first-order valence-electron chi connectivity index (χ1n) is 12.8. The molecule has 1 aliphatic rings. The second kappa shape index (κ2) is 13.1. The maximum Gasteiger partial charge on any atom is 0.178 e. The molecule has 1 aliphatic carbocycles. The van der Waals surface area contributed by atoms with Gasteiger partial charge in [0.1, 0.15) is 76.4 Å². The average molecular weight is 692 g/mol. The van der Waals surface area contributed by atoms with E-state index in [4.69, 9.17) is 16.9 Å². The van der Waals surface area contributed by atoms with Gasteiger partial charge in [-0.15, -0.1) is 6.42 Å². The largest absolute Gasteiger partial charge is 0.205 e. The molecule has 0 unspecified atom stereocenters. The van der Waals surface area contributed by atoms with Gasteiger partial charge in [0.15, 0.2) is 52.4 Å². The van der Waals surface area contributed by atoms with E-state index in [9.17, 15) is 44.7 Å². The zero-order valence-corrected chi connectivity index (χ0v) is 24.1. The smallest absolute Gasteiger partial charge is 0.178 e. The highest BCUT2D eigenvalue weighted by Gasteiger charge is 2.46. The highest BCUT2D eigenvalue weighted by molar-refractivity contribution is 6.12. The zero-order chi connectivity index (χ0) is 38.2. The Bertz CT molecular complexity index is 2420. The molecule has 0 amide bonds. The second-order valence-corrected chi connectivity index (χ2v) is 9.49. The highest BCUT2D eigenvalue weighted by atomic mass is 19.2. The highest BCUT2D eigenvalue weighted by Crippen LogP contribution is 2.57. The average Bonchev–Trinajstić information content (AvgIpc) is 3.84. The summed E-state index contributed by atoms with van der Waals surface area (Å²) in [6, 6.07) is 8.58. The van der Waals surface area contributed by atoms with Crippen LogP contribution in [0.25, 0.3) is 16.7 Å². The van der Waals surface area contributed by atoms with E-state index in [1.54, 1.807) is 0 Å². The van der Waals surface area contributed by atoms with Gasteiger partial charge in [0.05, 0.1) is 39.0 Å². The fourth-order valence-electron chi connectivity index (χ4n) is 4.95. The predicted molar refractivity (Wildman–Crippen MR) is 148 cm³/mol. The van der Waals surface area contributed by atoms with Crippen molar-refractivity contribution in [3.8, 4) is 60.9 Å². The Morgan fingerprint density at radius 2 is 0.549 bits per heavy atom. The number of hydrogen-bond acceptors (Lipinski definition) is 8. The predicted octanol–water partition coefficient (Wildman–Crippen LogP) is 6.52. The van der Waals surface area contributed by atoms with Crippen molar-refractivity contribution in [1.29, 1.82) is 42.1 Å². The zero-order valence-electron chi connectivity index (χ0n) is 24.1. The van der Waals surface area contributed by atoms with E-state index in [1.165, 1.54) is 5.92 Å². The molecular weight excluding hydrogens is 691 g/mol. The SMILES string of the molecule is C#Cc1c(F)c(F)c(C(C#N)=C2C(=C(C#N)c3c(F)c(F)c(C#N)c(C#N)c3F)C2=C(C#N)c2c(F)c(F)c(C#N)c(C#N)c2F)c(F)c1C#N. The van der Waals surface area contributed by atoms with E-state index in [-0.39, 0.29) is 0 Å². The monoisotopic (exact) mass is 692 g/mol. The van der Waals surface area contributed by atoms with Crippen molar-refractivity contribution < 1.29 is 39.5 Å². The molecule has 0 saturated heterocycles. The van der Waals surface area contributed by atoms with Gasteiger partial charge in [-0.3, -0.25) is 0 Å². The number of benzene rings is 3. The van der Waals surface area contributed by atoms with Crippen molar-refractivity contribution >= 4 is 16.7 Å². The number of allylic oxidation sites excluding steroid dienone is 6. The number of hydrogen-bond donors (Lipinski definition) is 0. The molecule has 0 bridgehead atoms. The number of nitrogens with zero attached hydrogens (tertiary/aromatic N) is 8. The van der Waals surface area contributed by atoms with Gasteiger partial charge in [-0.05, 0) is 0 Å². The molecule has 51 heavy (non-hydrogen) atoms. The minimum atomic E-state index is -2.38. The summed E-state index contributed by atoms with van der Waals surface area (Å²) in [7, 11) is 0. The lowest BCUT2D eigenvalue weighted by Crippen LogP contribution is -2.06. The molecule has 1 saturated carbocycles. The summed E-state index contributed by atoms with van der Waals surface area (Å²) in [5.74, 6) is -18.5. The molecule has 0 aliphatic heterocycles. The summed E-state index contributed by atoms with van der Waals surface area (Å²) in [4.78, 5) is 0. The maximum atomic E-state index is 15.6. The van der Waals surface area contributed by atoms with Gasteiger partial charge in [0.25, 0.3) is 0 Å². The van der Waals surface area contributed by atoms with Crippen LogP contribution in [0.2, 0.25) is 0 Å². The van der Waals surface area contributed by atoms with Crippen molar-refractivity contribution in [1.82, 2.24) is 0 Å². The van der Waals surface area contributed by atoms with Gasteiger partial charge < -0.3 is 0 Å². The lowest BCUT2D eigenvalue weighted by Gasteiger charge is -2.09. The third-order valence-electron chi connectivity index (χ3n) is 7.19. The molecule has 3 aromatic carbocycles. The lowest BCUT2D eigenvalue weighted by molar-refractivity contribution is 0.488. The third kappa shape index (κ3) is 4.92. The van der Waals surface area contributed by atoms with Crippen LogP contribution in [0.1, 0.15) is 50.1 Å². The Morgan fingerprint density at radius 1 is 0.333 bits per heavy atom. The van der Waals surface area contributed by atoms with Crippen LogP contribution < -0.4 is 0 Å². The number of terminal acetylenes is 1. The Kier molecular flexibility index (Phi) is 9.13. The molecule has 0 aromatic heterocycles. The van der Waals surface area contributed by atoms with Gasteiger partial charge in [-0.25, -0.2) is 39.5 Å². The molecule has 3 aromatic rings. The fourth-order valence-corrected chi connectivity index (χ4v) is 4.95. The van der Waals surface area contributed by atoms with Crippen LogP contribution >= 0.6 is 0 Å². The van der Waals surface area contributed by atoms with Crippen LogP contribution in [0.5, 0.6) is 0 Å². The molecule has 0 atom stereocenters. The minimum absolute atomic E-state index is 1.01. The van der Waals surface area contributed by atoms with Gasteiger partial charge in [-0.1, -0.05) is 5.92 Å². The summed E-state index contributed by atoms with van der Waals surface area (Å²) in [5.41, 5.74) is -22.7. The Morgan fingerprint density at radius 3 is 0.765 bits per heavy atom. The van der Waals surface area contributed by atoms with E-state index in [1.807, 2.05) is 0 Å². The summed E-state index contributed by atoms with van der Waals surface area (Å²) in [5, 5.41) is 76.4. The van der Waals surface area contributed by atoms with Gasteiger partial charge in [0, 0.05) is 16.7 Å². The molecule has 0 N–H and O–H groups in total. The van der Waals surface area contributed by atoms with Crippen LogP contribution in [0, 0.1) is 155 Å². The maximum absolute atomic E-state index is 15.6. The molecule has 0 heterocycles. The van der Waals surface area contributed by atoms with E-state index >= 15 is 26.3 Å². The van der Waals surface area contributed by atoms with Crippen LogP contribution in [0.4, 0.5) is 39.5 Å². The topological polar surface area (TPSA) is 190 Å². The molecule has 4 rings (SSSR count). The quantitative estimate of drug-likeness (QED) is 0.128. The summed E-state index contributed by atoms with van der Waals surface area (Å²) < 4.78 is 138. The molecule has 8 nitrogen and oxygen atoms in total. The molecule has 17 heteroatoms. The number of nitriles is 8. The minimum Gasteiger partial charge on any atom is -0.205 e. The van der Waals surface area contributed by atoms with Crippen LogP contribution in [0.15, 0.2) is 16.7 Å². The molecule has 0 radical (unpaired) electrons. The van der Waals surface area contributed by atoms with E-state index in [0.29, 0.717) is 0 Å². The summed E-state index contributed by atoms with van der Waals surface area (Å²) in [6.45, 7) is 0. The van der Waals surface area contributed by atoms with E-state index in [2.05, 4.69) is 0 Å². The van der Waals surface area contributed by atoms with Crippen molar-refractivity contribution in [3.05, 3.63) is 119 Å². The molecule has 0 spiro atoms. The third-order valence-corrected chi connectivity index (χ3v) is 7.19. The van der Waals surface area contributed by atoms with Crippen molar-refractivity contribution in [2.75, 3.05) is 0 Å². The molecule has 1 fully saturated rings. The molecule has 240 valence electrons.